The van der Waals surface area contributed by atoms with Gasteiger partial charge in [0.15, 0.2) is 0 Å². The van der Waals surface area contributed by atoms with Crippen LogP contribution >= 0.6 is 0 Å². The van der Waals surface area contributed by atoms with Gasteiger partial charge in [-0.15, -0.1) is 0 Å². The van der Waals surface area contributed by atoms with Crippen LogP contribution in [0.25, 0.3) is 0 Å². The molecule has 0 radical (unpaired) electrons. The molecule has 1 amide bonds. The van der Waals surface area contributed by atoms with Crippen molar-refractivity contribution in [1.29, 1.82) is 0 Å². The Balaban J connectivity index is 1.62. The lowest BCUT2D eigenvalue weighted by molar-refractivity contribution is -0.119. The second kappa shape index (κ2) is 8.95. The van der Waals surface area contributed by atoms with Crippen molar-refractivity contribution in [2.24, 2.45) is 0 Å². The van der Waals surface area contributed by atoms with E-state index in [0.29, 0.717) is 13.1 Å². The van der Waals surface area contributed by atoms with Crippen molar-refractivity contribution in [3.8, 4) is 0 Å². The van der Waals surface area contributed by atoms with Crippen LogP contribution in [0.3, 0.4) is 0 Å². The van der Waals surface area contributed by atoms with Crippen LogP contribution in [0.1, 0.15) is 33.6 Å². The van der Waals surface area contributed by atoms with E-state index in [1.54, 1.807) is 0 Å². The Morgan fingerprint density at radius 2 is 1.79 bits per heavy atom. The first kappa shape index (κ1) is 20.6. The fourth-order valence-electron chi connectivity index (χ4n) is 3.57. The summed E-state index contributed by atoms with van der Waals surface area (Å²) in [5.74, 6) is 0.00279. The Labute approximate surface area is 173 Å². The third-order valence-corrected chi connectivity index (χ3v) is 5.33. The van der Waals surface area contributed by atoms with E-state index in [1.165, 1.54) is 16.7 Å². The van der Waals surface area contributed by atoms with Gasteiger partial charge >= 0.3 is 0 Å². The third-order valence-electron chi connectivity index (χ3n) is 5.33. The first-order valence-corrected chi connectivity index (χ1v) is 9.97. The summed E-state index contributed by atoms with van der Waals surface area (Å²) >= 11 is 0. The number of hydrogen-bond acceptors (Lipinski definition) is 3. The van der Waals surface area contributed by atoms with Crippen molar-refractivity contribution in [3.05, 3.63) is 82.2 Å². The Bertz CT molecular complexity index is 992. The molecule has 1 heterocycles. The molecule has 2 aromatic carbocycles. The fourth-order valence-corrected chi connectivity index (χ4v) is 3.57. The topological polar surface area (TPSA) is 50.2 Å². The molecular formula is C24H30N4O. The van der Waals surface area contributed by atoms with Gasteiger partial charge in [0.05, 0.1) is 18.8 Å². The van der Waals surface area contributed by atoms with E-state index in [1.807, 2.05) is 41.8 Å². The molecule has 0 atom stereocenters. The molecule has 1 aromatic heterocycles. The number of carbonyl (C=O) groups is 1. The zero-order chi connectivity index (χ0) is 21.0. The highest BCUT2D eigenvalue weighted by Crippen LogP contribution is 2.20. The quantitative estimate of drug-likeness (QED) is 0.665. The molecule has 0 saturated heterocycles. The molecule has 3 rings (SSSR count). The SMILES string of the molecule is Cc1ccc(C)c(N(C)CC(=O)NCc2c(C)nn(Cc3ccccc3)c2C)c1. The molecule has 29 heavy (non-hydrogen) atoms. The van der Waals surface area contributed by atoms with Crippen molar-refractivity contribution in [1.82, 2.24) is 15.1 Å². The highest BCUT2D eigenvalue weighted by molar-refractivity contribution is 5.81. The van der Waals surface area contributed by atoms with Crippen LogP contribution in [0.15, 0.2) is 48.5 Å². The van der Waals surface area contributed by atoms with Gasteiger partial charge in [0.2, 0.25) is 5.91 Å². The number of amides is 1. The summed E-state index contributed by atoms with van der Waals surface area (Å²) < 4.78 is 2.01. The van der Waals surface area contributed by atoms with E-state index >= 15 is 0 Å². The smallest absolute Gasteiger partial charge is 0.239 e. The predicted molar refractivity (Wildman–Crippen MR) is 118 cm³/mol. The van der Waals surface area contributed by atoms with Crippen LogP contribution < -0.4 is 10.2 Å². The summed E-state index contributed by atoms with van der Waals surface area (Å²) in [4.78, 5) is 14.5. The summed E-state index contributed by atoms with van der Waals surface area (Å²) in [7, 11) is 1.95. The van der Waals surface area contributed by atoms with Crippen LogP contribution in [-0.2, 0) is 17.9 Å². The van der Waals surface area contributed by atoms with Crippen LogP contribution in [0.5, 0.6) is 0 Å². The highest BCUT2D eigenvalue weighted by atomic mass is 16.2. The highest BCUT2D eigenvalue weighted by Gasteiger charge is 2.14. The van der Waals surface area contributed by atoms with E-state index in [-0.39, 0.29) is 5.91 Å². The summed E-state index contributed by atoms with van der Waals surface area (Å²) in [5, 5.41) is 7.73. The number of aryl methyl sites for hydroxylation is 3. The molecule has 152 valence electrons. The Morgan fingerprint density at radius 3 is 2.52 bits per heavy atom. The monoisotopic (exact) mass is 390 g/mol. The molecule has 0 aliphatic carbocycles. The average Bonchev–Trinajstić information content (AvgIpc) is 2.95. The number of aromatic nitrogens is 2. The van der Waals surface area contributed by atoms with Crippen molar-refractivity contribution < 1.29 is 4.79 Å². The fraction of sp³-hybridized carbons (Fsp3) is 0.333. The van der Waals surface area contributed by atoms with Gasteiger partial charge < -0.3 is 10.2 Å². The standard InChI is InChI=1S/C24H30N4O/c1-17-11-12-18(2)23(13-17)27(5)16-24(29)25-14-22-19(3)26-28(20(22)4)15-21-9-7-6-8-10-21/h6-13H,14-16H2,1-5H3,(H,25,29). The lowest BCUT2D eigenvalue weighted by Gasteiger charge is -2.21. The van der Waals surface area contributed by atoms with E-state index in [0.717, 1.165) is 29.2 Å². The lowest BCUT2D eigenvalue weighted by atomic mass is 10.1. The molecule has 3 aromatic rings. The molecular weight excluding hydrogens is 360 g/mol. The number of hydrogen-bond donors (Lipinski definition) is 1. The molecule has 0 spiro atoms. The normalized spacial score (nSPS) is 10.8. The van der Waals surface area contributed by atoms with Gasteiger partial charge in [0.25, 0.3) is 0 Å². The van der Waals surface area contributed by atoms with Gasteiger partial charge in [0, 0.05) is 30.5 Å². The molecule has 0 fully saturated rings. The van der Waals surface area contributed by atoms with Crippen molar-refractivity contribution >= 4 is 11.6 Å². The van der Waals surface area contributed by atoms with Crippen molar-refractivity contribution in [2.45, 2.75) is 40.8 Å². The number of nitrogens with zero attached hydrogens (tertiary/aromatic N) is 3. The second-order valence-corrected chi connectivity index (χ2v) is 7.72. The predicted octanol–water partition coefficient (Wildman–Crippen LogP) is 3.92. The van der Waals surface area contributed by atoms with E-state index < -0.39 is 0 Å². The maximum atomic E-state index is 12.5. The largest absolute Gasteiger partial charge is 0.365 e. The summed E-state index contributed by atoms with van der Waals surface area (Å²) in [5.41, 5.74) is 7.79. The molecule has 0 aliphatic rings. The minimum absolute atomic E-state index is 0.00279. The molecule has 0 saturated carbocycles. The van der Waals surface area contributed by atoms with E-state index in [4.69, 9.17) is 0 Å². The van der Waals surface area contributed by atoms with Crippen LogP contribution in [0, 0.1) is 27.7 Å². The third kappa shape index (κ3) is 5.05. The van der Waals surface area contributed by atoms with E-state index in [2.05, 4.69) is 61.5 Å². The lowest BCUT2D eigenvalue weighted by Crippen LogP contribution is -2.35. The Hall–Kier alpha value is -3.08. The number of rotatable bonds is 7. The first-order valence-electron chi connectivity index (χ1n) is 9.97. The van der Waals surface area contributed by atoms with Gasteiger partial charge in [-0.3, -0.25) is 9.48 Å². The molecule has 0 bridgehead atoms. The zero-order valence-electron chi connectivity index (χ0n) is 18.0. The Morgan fingerprint density at radius 1 is 1.07 bits per heavy atom. The van der Waals surface area contributed by atoms with E-state index in [9.17, 15) is 4.79 Å². The number of carbonyl (C=O) groups excluding carboxylic acids is 1. The summed E-state index contributed by atoms with van der Waals surface area (Å²) in [6.07, 6.45) is 0. The van der Waals surface area contributed by atoms with Gasteiger partial charge in [0.1, 0.15) is 0 Å². The zero-order valence-corrected chi connectivity index (χ0v) is 18.0. The summed E-state index contributed by atoms with van der Waals surface area (Å²) in [6, 6.07) is 16.6. The summed E-state index contributed by atoms with van der Waals surface area (Å²) in [6.45, 7) is 9.74. The van der Waals surface area contributed by atoms with Crippen molar-refractivity contribution in [2.75, 3.05) is 18.5 Å². The van der Waals surface area contributed by atoms with Crippen LogP contribution in [0.4, 0.5) is 5.69 Å². The number of nitrogens with one attached hydrogen (secondary N) is 1. The van der Waals surface area contributed by atoms with Gasteiger partial charge in [-0.05, 0) is 50.5 Å². The molecule has 0 unspecified atom stereocenters. The number of anilines is 1. The Kier molecular flexibility index (Phi) is 6.37. The minimum Gasteiger partial charge on any atom is -0.365 e. The minimum atomic E-state index is 0.00279. The van der Waals surface area contributed by atoms with Crippen LogP contribution in [-0.4, -0.2) is 29.3 Å². The van der Waals surface area contributed by atoms with Gasteiger partial charge in [-0.25, -0.2) is 0 Å². The number of likely N-dealkylation sites (N-methyl/N-ethyl adjacent to an activating group) is 1. The maximum absolute atomic E-state index is 12.5. The molecule has 0 aliphatic heterocycles. The molecule has 5 heteroatoms. The van der Waals surface area contributed by atoms with Gasteiger partial charge in [-0.1, -0.05) is 42.5 Å². The average molecular weight is 391 g/mol. The first-order chi connectivity index (χ1) is 13.8. The molecule has 5 nitrogen and oxygen atoms in total. The van der Waals surface area contributed by atoms with Gasteiger partial charge in [-0.2, -0.15) is 5.10 Å². The second-order valence-electron chi connectivity index (χ2n) is 7.72. The number of benzene rings is 2. The maximum Gasteiger partial charge on any atom is 0.239 e. The van der Waals surface area contributed by atoms with Crippen molar-refractivity contribution in [3.63, 3.8) is 0 Å². The molecule has 1 N–H and O–H groups in total. The van der Waals surface area contributed by atoms with Crippen LogP contribution in [0.2, 0.25) is 0 Å².